The van der Waals surface area contributed by atoms with Crippen LogP contribution in [0.4, 0.5) is 0 Å². The van der Waals surface area contributed by atoms with Gasteiger partial charge in [0.15, 0.2) is 6.10 Å². The van der Waals surface area contributed by atoms with Gasteiger partial charge in [-0.2, -0.15) is 0 Å². The first-order valence-electron chi connectivity index (χ1n) is 18.9. The average molecular weight is 692 g/mol. The van der Waals surface area contributed by atoms with Crippen LogP contribution in [0, 0.1) is 0 Å². The molecular formula is C36H70NO9P. The van der Waals surface area contributed by atoms with Crippen molar-refractivity contribution in [2.45, 2.75) is 193 Å². The minimum Gasteiger partial charge on any atom is -0.462 e. The third-order valence-electron chi connectivity index (χ3n) is 8.32. The molecule has 11 heteroatoms. The van der Waals surface area contributed by atoms with Gasteiger partial charge in [-0.05, 0) is 19.3 Å². The fourth-order valence-corrected chi connectivity index (χ4v) is 5.87. The molecule has 0 aliphatic carbocycles. The monoisotopic (exact) mass is 691 g/mol. The third kappa shape index (κ3) is 37.2. The summed E-state index contributed by atoms with van der Waals surface area (Å²) in [7, 11) is -4.75. The second kappa shape index (κ2) is 33.0. The van der Waals surface area contributed by atoms with Gasteiger partial charge in [-0.25, -0.2) is 4.57 Å². The molecule has 0 bridgehead atoms. The summed E-state index contributed by atoms with van der Waals surface area (Å²) in [5.74, 6) is -0.857. The number of hydrogen-bond donors (Lipinski definition) is 3. The van der Waals surface area contributed by atoms with E-state index in [1.165, 1.54) is 103 Å². The molecule has 0 aromatic heterocycles. The number of ether oxygens (including phenoxy) is 2. The zero-order valence-electron chi connectivity index (χ0n) is 30.0. The standard InChI is InChI=1S/C36H70NO9P/c1-3-4-5-6-7-8-9-13-17-20-23-26-29-36(40)46-34(32-45-47(41,42)43)31-44-35(39)28-25-22-19-16-14-11-10-12-15-18-21-24-27-30-37-33(2)38/h34H,3-32H2,1-2H3,(H,37,38)(H2,41,42,43)/t34-/m0/s1. The topological polar surface area (TPSA) is 148 Å². The number of amides is 1. The largest absolute Gasteiger partial charge is 0.469 e. The van der Waals surface area contributed by atoms with Crippen LogP contribution in [0.15, 0.2) is 0 Å². The fourth-order valence-electron chi connectivity index (χ4n) is 5.51. The van der Waals surface area contributed by atoms with E-state index >= 15 is 0 Å². The van der Waals surface area contributed by atoms with E-state index in [2.05, 4.69) is 16.8 Å². The third-order valence-corrected chi connectivity index (χ3v) is 8.81. The summed E-state index contributed by atoms with van der Waals surface area (Å²) in [5.41, 5.74) is 0. The van der Waals surface area contributed by atoms with Crippen LogP contribution < -0.4 is 5.32 Å². The molecule has 0 heterocycles. The highest BCUT2D eigenvalue weighted by Crippen LogP contribution is 2.36. The maximum atomic E-state index is 12.3. The van der Waals surface area contributed by atoms with E-state index in [9.17, 15) is 18.9 Å². The fraction of sp³-hybridized carbons (Fsp3) is 0.917. The van der Waals surface area contributed by atoms with Crippen molar-refractivity contribution in [3.63, 3.8) is 0 Å². The van der Waals surface area contributed by atoms with Gasteiger partial charge < -0.3 is 24.6 Å². The molecule has 0 spiro atoms. The van der Waals surface area contributed by atoms with Gasteiger partial charge in [0, 0.05) is 26.3 Å². The number of carbonyl (C=O) groups is 3. The minimum atomic E-state index is -4.75. The van der Waals surface area contributed by atoms with Crippen molar-refractivity contribution in [3.05, 3.63) is 0 Å². The van der Waals surface area contributed by atoms with E-state index in [0.29, 0.717) is 12.8 Å². The molecule has 1 atom stereocenters. The molecule has 0 aliphatic rings. The lowest BCUT2D eigenvalue weighted by atomic mass is 10.0. The number of phosphoric ester groups is 1. The van der Waals surface area contributed by atoms with Crippen molar-refractivity contribution < 1.29 is 42.7 Å². The van der Waals surface area contributed by atoms with Crippen molar-refractivity contribution in [2.24, 2.45) is 0 Å². The number of carbonyl (C=O) groups excluding carboxylic acids is 3. The van der Waals surface area contributed by atoms with Crippen LogP contribution in [0.25, 0.3) is 0 Å². The van der Waals surface area contributed by atoms with Crippen molar-refractivity contribution in [1.29, 1.82) is 0 Å². The Morgan fingerprint density at radius 1 is 0.574 bits per heavy atom. The van der Waals surface area contributed by atoms with E-state index in [4.69, 9.17) is 19.3 Å². The number of rotatable bonds is 35. The maximum absolute atomic E-state index is 12.3. The van der Waals surface area contributed by atoms with Crippen LogP contribution in [0.3, 0.4) is 0 Å². The Labute approximate surface area is 286 Å². The van der Waals surface area contributed by atoms with Gasteiger partial charge in [0.1, 0.15) is 6.61 Å². The molecule has 0 rings (SSSR count). The number of unbranched alkanes of at least 4 members (excludes halogenated alkanes) is 23. The Kier molecular flexibility index (Phi) is 32.0. The lowest BCUT2D eigenvalue weighted by Crippen LogP contribution is -2.29. The Hall–Kier alpha value is -1.48. The Morgan fingerprint density at radius 3 is 1.36 bits per heavy atom. The molecule has 278 valence electrons. The molecule has 0 aliphatic heterocycles. The van der Waals surface area contributed by atoms with Crippen LogP contribution in [0.2, 0.25) is 0 Å². The predicted molar refractivity (Wildman–Crippen MR) is 188 cm³/mol. The average Bonchev–Trinajstić information content (AvgIpc) is 3.02. The number of hydrogen-bond acceptors (Lipinski definition) is 7. The van der Waals surface area contributed by atoms with Gasteiger partial charge in [0.2, 0.25) is 5.91 Å². The molecule has 0 unspecified atom stereocenters. The first kappa shape index (κ1) is 45.5. The summed E-state index contributed by atoms with van der Waals surface area (Å²) in [5, 5.41) is 2.83. The van der Waals surface area contributed by atoms with Crippen molar-refractivity contribution in [1.82, 2.24) is 5.32 Å². The Balaban J connectivity index is 3.88. The van der Waals surface area contributed by atoms with Gasteiger partial charge in [-0.1, -0.05) is 148 Å². The number of esters is 2. The highest BCUT2D eigenvalue weighted by Gasteiger charge is 2.22. The summed E-state index contributed by atoms with van der Waals surface area (Å²) in [4.78, 5) is 53.5. The molecule has 0 fully saturated rings. The summed E-state index contributed by atoms with van der Waals surface area (Å²) < 4.78 is 26.3. The van der Waals surface area contributed by atoms with Crippen LogP contribution >= 0.6 is 7.82 Å². The van der Waals surface area contributed by atoms with Gasteiger partial charge in [0.05, 0.1) is 6.61 Å². The highest BCUT2D eigenvalue weighted by molar-refractivity contribution is 7.46. The zero-order valence-corrected chi connectivity index (χ0v) is 30.9. The molecule has 0 radical (unpaired) electrons. The molecule has 10 nitrogen and oxygen atoms in total. The Bertz CT molecular complexity index is 805. The molecular weight excluding hydrogens is 621 g/mol. The normalized spacial score (nSPS) is 12.2. The van der Waals surface area contributed by atoms with Gasteiger partial charge in [-0.3, -0.25) is 18.9 Å². The molecule has 0 saturated carbocycles. The first-order chi connectivity index (χ1) is 22.6. The Morgan fingerprint density at radius 2 is 0.957 bits per heavy atom. The second-order valence-corrected chi connectivity index (χ2v) is 14.3. The maximum Gasteiger partial charge on any atom is 0.469 e. The predicted octanol–water partition coefficient (Wildman–Crippen LogP) is 9.24. The summed E-state index contributed by atoms with van der Waals surface area (Å²) in [6.45, 7) is 3.73. The first-order valence-corrected chi connectivity index (χ1v) is 20.5. The SMILES string of the molecule is CCCCCCCCCCCCCCC(=O)O[C@@H](COC(=O)CCCCCCCCCCCCCCCNC(C)=O)COP(=O)(O)O. The van der Waals surface area contributed by atoms with Crippen molar-refractivity contribution >= 4 is 25.7 Å². The zero-order chi connectivity index (χ0) is 34.9. The lowest BCUT2D eigenvalue weighted by Gasteiger charge is -2.18. The molecule has 1 amide bonds. The van der Waals surface area contributed by atoms with Crippen LogP contribution in [-0.2, 0) is 32.9 Å². The highest BCUT2D eigenvalue weighted by atomic mass is 31.2. The van der Waals surface area contributed by atoms with Crippen molar-refractivity contribution in [3.8, 4) is 0 Å². The van der Waals surface area contributed by atoms with E-state index < -0.39 is 32.5 Å². The van der Waals surface area contributed by atoms with E-state index in [1.54, 1.807) is 6.92 Å². The van der Waals surface area contributed by atoms with Gasteiger partial charge in [0.25, 0.3) is 0 Å². The molecule has 47 heavy (non-hydrogen) atoms. The molecule has 3 N–H and O–H groups in total. The molecule has 0 saturated heterocycles. The smallest absolute Gasteiger partial charge is 0.462 e. The van der Waals surface area contributed by atoms with Crippen LogP contribution in [0.1, 0.15) is 187 Å². The minimum absolute atomic E-state index is 0.0445. The summed E-state index contributed by atoms with van der Waals surface area (Å²) >= 11 is 0. The summed E-state index contributed by atoms with van der Waals surface area (Å²) in [6.07, 6.45) is 28.4. The van der Waals surface area contributed by atoms with Crippen LogP contribution in [-0.4, -0.2) is 53.5 Å². The summed E-state index contributed by atoms with van der Waals surface area (Å²) in [6, 6.07) is 0. The van der Waals surface area contributed by atoms with E-state index in [-0.39, 0.29) is 25.4 Å². The number of nitrogens with one attached hydrogen (secondary N) is 1. The second-order valence-electron chi connectivity index (χ2n) is 13.0. The van der Waals surface area contributed by atoms with Gasteiger partial charge in [-0.15, -0.1) is 0 Å². The molecule has 0 aromatic carbocycles. The number of phosphoric acid groups is 1. The lowest BCUT2D eigenvalue weighted by molar-refractivity contribution is -0.161. The quantitative estimate of drug-likeness (QED) is 0.0336. The van der Waals surface area contributed by atoms with Crippen molar-refractivity contribution in [2.75, 3.05) is 19.8 Å². The molecule has 0 aromatic rings. The van der Waals surface area contributed by atoms with E-state index in [0.717, 1.165) is 51.5 Å². The van der Waals surface area contributed by atoms with Gasteiger partial charge >= 0.3 is 19.8 Å². The van der Waals surface area contributed by atoms with Crippen LogP contribution in [0.5, 0.6) is 0 Å². The van der Waals surface area contributed by atoms with E-state index in [1.807, 2.05) is 0 Å².